The zero-order chi connectivity index (χ0) is 8.69. The topological polar surface area (TPSA) is 0 Å². The summed E-state index contributed by atoms with van der Waals surface area (Å²) in [5.41, 5.74) is 0. The van der Waals surface area contributed by atoms with E-state index in [0.29, 0.717) is 4.35 Å². The SMILES string of the molecule is Cl[CH2][Pd].Fc1cccc(P)c1. The summed E-state index contributed by atoms with van der Waals surface area (Å²) >= 11 is 7.64. The summed E-state index contributed by atoms with van der Waals surface area (Å²) in [5.74, 6) is -0.183. The second-order valence-electron chi connectivity index (χ2n) is 1.64. The molecule has 1 rings (SSSR count). The summed E-state index contributed by atoms with van der Waals surface area (Å²) in [6.07, 6.45) is 0. The van der Waals surface area contributed by atoms with E-state index in [2.05, 4.69) is 28.4 Å². The molecule has 0 saturated carbocycles. The van der Waals surface area contributed by atoms with Crippen LogP contribution in [0.3, 0.4) is 0 Å². The van der Waals surface area contributed by atoms with Crippen LogP contribution in [0.25, 0.3) is 0 Å². The molecule has 1 aromatic carbocycles. The van der Waals surface area contributed by atoms with Crippen LogP contribution in [0.4, 0.5) is 4.39 Å². The molecule has 0 aromatic heterocycles. The van der Waals surface area contributed by atoms with Gasteiger partial charge in [-0.15, -0.1) is 9.24 Å². The fourth-order valence-electron chi connectivity index (χ4n) is 0.507. The fraction of sp³-hybridized carbons (Fsp3) is 0.143. The molecule has 1 unspecified atom stereocenters. The van der Waals surface area contributed by atoms with Gasteiger partial charge in [-0.3, -0.25) is 0 Å². The Morgan fingerprint density at radius 1 is 1.55 bits per heavy atom. The van der Waals surface area contributed by atoms with E-state index in [0.717, 1.165) is 5.30 Å². The number of rotatable bonds is 0. The fourth-order valence-corrected chi connectivity index (χ4v) is 0.777. The quantitative estimate of drug-likeness (QED) is 0.388. The van der Waals surface area contributed by atoms with Crippen molar-refractivity contribution in [3.05, 3.63) is 30.1 Å². The maximum Gasteiger partial charge on any atom is 0.123 e. The van der Waals surface area contributed by atoms with Gasteiger partial charge in [0, 0.05) is 0 Å². The molecule has 0 saturated heterocycles. The molecule has 0 radical (unpaired) electrons. The van der Waals surface area contributed by atoms with Crippen LogP contribution in [0.2, 0.25) is 0 Å². The van der Waals surface area contributed by atoms with E-state index >= 15 is 0 Å². The van der Waals surface area contributed by atoms with Gasteiger partial charge in [-0.1, -0.05) is 12.1 Å². The molecule has 0 aliphatic rings. The van der Waals surface area contributed by atoms with E-state index in [1.165, 1.54) is 12.1 Å². The molecule has 0 fully saturated rings. The molecule has 0 bridgehead atoms. The zero-order valence-corrected chi connectivity index (χ0v) is 9.13. The summed E-state index contributed by atoms with van der Waals surface area (Å²) < 4.78 is 12.7. The molecule has 0 spiro atoms. The normalized spacial score (nSPS) is 8.45. The average Bonchev–Trinajstić information content (AvgIpc) is 1.88. The Morgan fingerprint density at radius 3 is 2.36 bits per heavy atom. The first-order valence-electron chi connectivity index (χ1n) is 2.79. The van der Waals surface area contributed by atoms with Crippen LogP contribution >= 0.6 is 20.8 Å². The minimum atomic E-state index is -0.183. The van der Waals surface area contributed by atoms with E-state index in [1.54, 1.807) is 6.07 Å². The smallest absolute Gasteiger partial charge is 0.123 e. The molecule has 0 nitrogen and oxygen atoms in total. The first-order valence-corrected chi connectivity index (χ1v) is 5.00. The third kappa shape index (κ3) is 6.91. The standard InChI is InChI=1S/C6H6FP.CH2Cl.Pd/c7-5-2-1-3-6(8)4-5;1-2;/h1-4H,8H2;1H2;. The van der Waals surface area contributed by atoms with Gasteiger partial charge in [-0.2, -0.15) is 0 Å². The van der Waals surface area contributed by atoms with Gasteiger partial charge in [0.1, 0.15) is 5.82 Å². The van der Waals surface area contributed by atoms with Crippen LogP contribution in [-0.4, -0.2) is 4.35 Å². The Hall–Kier alpha value is 0.532. The summed E-state index contributed by atoms with van der Waals surface area (Å²) in [5, 5.41) is 0.880. The Kier molecular flexibility index (Phi) is 7.54. The van der Waals surface area contributed by atoms with Crippen molar-refractivity contribution in [2.24, 2.45) is 0 Å². The Balaban J connectivity index is 0.000000292. The van der Waals surface area contributed by atoms with Gasteiger partial charge in [0.25, 0.3) is 0 Å². The summed E-state index contributed by atoms with van der Waals surface area (Å²) in [6.45, 7) is 0. The molecular formula is C7H8ClFPPd. The van der Waals surface area contributed by atoms with Crippen LogP contribution < -0.4 is 5.30 Å². The third-order valence-electron chi connectivity index (χ3n) is 0.849. The van der Waals surface area contributed by atoms with E-state index < -0.39 is 0 Å². The Labute approximate surface area is 84.1 Å². The zero-order valence-electron chi connectivity index (χ0n) is 5.67. The van der Waals surface area contributed by atoms with Gasteiger partial charge < -0.3 is 0 Å². The van der Waals surface area contributed by atoms with Crippen molar-refractivity contribution in [1.29, 1.82) is 0 Å². The number of alkyl halides is 1. The predicted octanol–water partition coefficient (Wildman–Crippen LogP) is 2.06. The minimum absolute atomic E-state index is 0.183. The molecule has 11 heavy (non-hydrogen) atoms. The van der Waals surface area contributed by atoms with Crippen LogP contribution in [0.15, 0.2) is 24.3 Å². The molecule has 65 valence electrons. The van der Waals surface area contributed by atoms with Crippen molar-refractivity contribution in [2.45, 2.75) is 0 Å². The van der Waals surface area contributed by atoms with Crippen LogP contribution in [0.5, 0.6) is 0 Å². The van der Waals surface area contributed by atoms with Crippen molar-refractivity contribution in [3.8, 4) is 0 Å². The maximum absolute atomic E-state index is 12.2. The van der Waals surface area contributed by atoms with Crippen molar-refractivity contribution in [1.82, 2.24) is 0 Å². The maximum atomic E-state index is 12.2. The predicted molar refractivity (Wildman–Crippen MR) is 46.5 cm³/mol. The first kappa shape index (κ1) is 11.5. The second-order valence-corrected chi connectivity index (χ2v) is 3.72. The Bertz CT molecular complexity index is 190. The third-order valence-corrected chi connectivity index (χ3v) is 1.21. The summed E-state index contributed by atoms with van der Waals surface area (Å²) in [6, 6.07) is 6.39. The van der Waals surface area contributed by atoms with Gasteiger partial charge in [0.05, 0.1) is 0 Å². The molecule has 1 aromatic rings. The van der Waals surface area contributed by atoms with Crippen LogP contribution in [0, 0.1) is 5.82 Å². The number of hydrogen-bond acceptors (Lipinski definition) is 0. The summed E-state index contributed by atoms with van der Waals surface area (Å²) in [4.78, 5) is 0. The average molecular weight is 284 g/mol. The van der Waals surface area contributed by atoms with Crippen LogP contribution in [0.1, 0.15) is 0 Å². The van der Waals surface area contributed by atoms with Gasteiger partial charge >= 0.3 is 35.2 Å². The largest absolute Gasteiger partial charge is 0.207 e. The Morgan fingerprint density at radius 2 is 2.09 bits per heavy atom. The number of hydrogen-bond donors (Lipinski definition) is 0. The molecule has 0 N–H and O–H groups in total. The summed E-state index contributed by atoms with van der Waals surface area (Å²) in [7, 11) is 2.42. The molecule has 4 heteroatoms. The molecule has 0 amide bonds. The van der Waals surface area contributed by atoms with E-state index in [4.69, 9.17) is 11.6 Å². The van der Waals surface area contributed by atoms with E-state index in [-0.39, 0.29) is 5.82 Å². The van der Waals surface area contributed by atoms with Crippen molar-refractivity contribution in [3.63, 3.8) is 0 Å². The first-order chi connectivity index (χ1) is 5.20. The van der Waals surface area contributed by atoms with E-state index in [9.17, 15) is 4.39 Å². The molecule has 1 atom stereocenters. The second kappa shape index (κ2) is 7.20. The molecule has 0 aliphatic heterocycles. The minimum Gasteiger partial charge on any atom is -0.207 e. The van der Waals surface area contributed by atoms with Crippen molar-refractivity contribution < 1.29 is 23.6 Å². The molecular weight excluding hydrogens is 276 g/mol. The van der Waals surface area contributed by atoms with Gasteiger partial charge in [0.2, 0.25) is 0 Å². The molecule has 0 aliphatic carbocycles. The number of halogens is 2. The van der Waals surface area contributed by atoms with Gasteiger partial charge in [-0.25, -0.2) is 4.39 Å². The number of benzene rings is 1. The monoisotopic (exact) mass is 283 g/mol. The van der Waals surface area contributed by atoms with E-state index in [1.807, 2.05) is 6.07 Å². The van der Waals surface area contributed by atoms with Crippen molar-refractivity contribution in [2.75, 3.05) is 4.35 Å². The van der Waals surface area contributed by atoms with Crippen molar-refractivity contribution >= 4 is 26.1 Å². The molecule has 0 heterocycles. The van der Waals surface area contributed by atoms with Gasteiger partial charge in [-0.05, 0) is 17.4 Å². The van der Waals surface area contributed by atoms with Gasteiger partial charge in [0.15, 0.2) is 0 Å². The van der Waals surface area contributed by atoms with Crippen LogP contribution in [-0.2, 0) is 19.2 Å².